The fourth-order valence-corrected chi connectivity index (χ4v) is 3.54. The SMILES string of the molecule is CCCOCC(O)CNc1ccc2ccc3cccc4ccc1c2c34. The van der Waals surface area contributed by atoms with Crippen molar-refractivity contribution in [3.63, 3.8) is 0 Å². The third-order valence-electron chi connectivity index (χ3n) is 4.72. The van der Waals surface area contributed by atoms with Crippen LogP contribution in [0, 0.1) is 0 Å². The molecule has 0 radical (unpaired) electrons. The van der Waals surface area contributed by atoms with Crippen molar-refractivity contribution >= 4 is 38.0 Å². The van der Waals surface area contributed by atoms with E-state index in [1.165, 1.54) is 32.3 Å². The van der Waals surface area contributed by atoms with Crippen LogP contribution in [-0.2, 0) is 4.74 Å². The second-order valence-corrected chi connectivity index (χ2v) is 6.58. The van der Waals surface area contributed by atoms with Crippen molar-refractivity contribution in [2.24, 2.45) is 0 Å². The van der Waals surface area contributed by atoms with Crippen molar-refractivity contribution in [1.29, 1.82) is 0 Å². The number of anilines is 1. The zero-order chi connectivity index (χ0) is 17.2. The number of rotatable bonds is 7. The summed E-state index contributed by atoms with van der Waals surface area (Å²) in [6.07, 6.45) is 0.458. The molecule has 0 aromatic heterocycles. The lowest BCUT2D eigenvalue weighted by molar-refractivity contribution is 0.0437. The van der Waals surface area contributed by atoms with E-state index in [1.54, 1.807) is 0 Å². The molecule has 2 N–H and O–H groups in total. The van der Waals surface area contributed by atoms with Gasteiger partial charge in [0.25, 0.3) is 0 Å². The van der Waals surface area contributed by atoms with E-state index in [9.17, 15) is 5.11 Å². The van der Waals surface area contributed by atoms with Crippen molar-refractivity contribution in [1.82, 2.24) is 0 Å². The third-order valence-corrected chi connectivity index (χ3v) is 4.72. The van der Waals surface area contributed by atoms with Gasteiger partial charge >= 0.3 is 0 Å². The van der Waals surface area contributed by atoms with Crippen molar-refractivity contribution in [3.8, 4) is 0 Å². The van der Waals surface area contributed by atoms with E-state index in [0.29, 0.717) is 19.8 Å². The van der Waals surface area contributed by atoms with Crippen molar-refractivity contribution in [3.05, 3.63) is 54.6 Å². The second kappa shape index (κ2) is 6.87. The van der Waals surface area contributed by atoms with Gasteiger partial charge in [-0.25, -0.2) is 0 Å². The average molecular weight is 333 g/mol. The molecule has 4 aromatic rings. The van der Waals surface area contributed by atoms with Crippen LogP contribution in [0.1, 0.15) is 13.3 Å². The molecular formula is C22H23NO2. The molecule has 0 spiro atoms. The lowest BCUT2D eigenvalue weighted by Crippen LogP contribution is -2.25. The average Bonchev–Trinajstić information content (AvgIpc) is 2.65. The summed E-state index contributed by atoms with van der Waals surface area (Å²) >= 11 is 0. The summed E-state index contributed by atoms with van der Waals surface area (Å²) in [7, 11) is 0. The first kappa shape index (κ1) is 16.1. The van der Waals surface area contributed by atoms with Crippen LogP contribution in [-0.4, -0.2) is 31.0 Å². The minimum Gasteiger partial charge on any atom is -0.389 e. The van der Waals surface area contributed by atoms with Crippen LogP contribution in [0.5, 0.6) is 0 Å². The Morgan fingerprint density at radius 3 is 2.36 bits per heavy atom. The molecule has 128 valence electrons. The Labute approximate surface area is 147 Å². The fraction of sp³-hybridized carbons (Fsp3) is 0.273. The number of benzene rings is 4. The Hall–Kier alpha value is -2.36. The minimum atomic E-state index is -0.509. The van der Waals surface area contributed by atoms with Gasteiger partial charge in [-0.3, -0.25) is 0 Å². The zero-order valence-electron chi connectivity index (χ0n) is 14.5. The number of aliphatic hydroxyl groups is 1. The summed E-state index contributed by atoms with van der Waals surface area (Å²) in [5.41, 5.74) is 1.06. The number of nitrogens with one attached hydrogen (secondary N) is 1. The molecular weight excluding hydrogens is 310 g/mol. The van der Waals surface area contributed by atoms with Crippen LogP contribution >= 0.6 is 0 Å². The molecule has 0 amide bonds. The molecule has 0 saturated carbocycles. The van der Waals surface area contributed by atoms with Crippen molar-refractivity contribution in [2.45, 2.75) is 19.4 Å². The lowest BCUT2D eigenvalue weighted by atomic mass is 9.93. The predicted molar refractivity (Wildman–Crippen MR) is 106 cm³/mol. The van der Waals surface area contributed by atoms with Gasteiger partial charge in [0.2, 0.25) is 0 Å². The minimum absolute atomic E-state index is 0.368. The standard InChI is InChI=1S/C22H23NO2/c1-2-12-25-14-18(24)13-23-20-11-9-17-7-6-15-4-3-5-16-8-10-19(20)22(17)21(15)16/h3-11,18,23-24H,2,12-14H2,1H3. The fourth-order valence-electron chi connectivity index (χ4n) is 3.54. The van der Waals surface area contributed by atoms with Crippen LogP contribution in [0.25, 0.3) is 32.3 Å². The van der Waals surface area contributed by atoms with Gasteiger partial charge in [0, 0.05) is 24.2 Å². The number of ether oxygens (including phenoxy) is 1. The molecule has 3 heteroatoms. The van der Waals surface area contributed by atoms with Gasteiger partial charge in [0.15, 0.2) is 0 Å². The summed E-state index contributed by atoms with van der Waals surface area (Å²) < 4.78 is 5.42. The molecule has 0 saturated heterocycles. The first-order valence-corrected chi connectivity index (χ1v) is 8.94. The van der Waals surface area contributed by atoms with Crippen LogP contribution in [0.2, 0.25) is 0 Å². The van der Waals surface area contributed by atoms with Gasteiger partial charge < -0.3 is 15.2 Å². The number of hydrogen-bond acceptors (Lipinski definition) is 3. The van der Waals surface area contributed by atoms with E-state index >= 15 is 0 Å². The molecule has 4 rings (SSSR count). The predicted octanol–water partition coefficient (Wildman–Crippen LogP) is 4.78. The highest BCUT2D eigenvalue weighted by Crippen LogP contribution is 2.37. The van der Waals surface area contributed by atoms with Crippen molar-refractivity contribution in [2.75, 3.05) is 25.1 Å². The highest BCUT2D eigenvalue weighted by molar-refractivity contribution is 6.25. The Kier molecular flexibility index (Phi) is 4.43. The smallest absolute Gasteiger partial charge is 0.0945 e. The van der Waals surface area contributed by atoms with E-state index in [2.05, 4.69) is 66.8 Å². The normalized spacial score (nSPS) is 13.0. The summed E-state index contributed by atoms with van der Waals surface area (Å²) in [5, 5.41) is 21.1. The summed E-state index contributed by atoms with van der Waals surface area (Å²) in [6, 6.07) is 19.4. The highest BCUT2D eigenvalue weighted by Gasteiger charge is 2.11. The second-order valence-electron chi connectivity index (χ2n) is 6.58. The van der Waals surface area contributed by atoms with Gasteiger partial charge in [-0.15, -0.1) is 0 Å². The van der Waals surface area contributed by atoms with E-state index < -0.39 is 6.10 Å². The molecule has 1 unspecified atom stereocenters. The highest BCUT2D eigenvalue weighted by atomic mass is 16.5. The monoisotopic (exact) mass is 333 g/mol. The van der Waals surface area contributed by atoms with Gasteiger partial charge in [-0.05, 0) is 39.4 Å². The summed E-state index contributed by atoms with van der Waals surface area (Å²) in [5.74, 6) is 0. The lowest BCUT2D eigenvalue weighted by Gasteiger charge is -2.17. The van der Waals surface area contributed by atoms with E-state index in [0.717, 1.165) is 12.1 Å². The van der Waals surface area contributed by atoms with Gasteiger partial charge in [-0.2, -0.15) is 0 Å². The molecule has 0 aliphatic heterocycles. The van der Waals surface area contributed by atoms with E-state index in [4.69, 9.17) is 4.74 Å². The first-order valence-electron chi connectivity index (χ1n) is 8.94. The topological polar surface area (TPSA) is 41.5 Å². The third kappa shape index (κ3) is 3.01. The maximum Gasteiger partial charge on any atom is 0.0945 e. The van der Waals surface area contributed by atoms with E-state index in [-0.39, 0.29) is 0 Å². The molecule has 25 heavy (non-hydrogen) atoms. The molecule has 0 fully saturated rings. The first-order chi connectivity index (χ1) is 12.3. The van der Waals surface area contributed by atoms with Gasteiger partial charge in [0.05, 0.1) is 12.7 Å². The van der Waals surface area contributed by atoms with Crippen molar-refractivity contribution < 1.29 is 9.84 Å². The maximum absolute atomic E-state index is 10.1. The number of hydrogen-bond donors (Lipinski definition) is 2. The Balaban J connectivity index is 1.68. The Bertz CT molecular complexity index is 979. The molecule has 0 heterocycles. The van der Waals surface area contributed by atoms with Gasteiger partial charge in [0.1, 0.15) is 0 Å². The molecule has 0 bridgehead atoms. The van der Waals surface area contributed by atoms with Crippen LogP contribution in [0.4, 0.5) is 5.69 Å². The molecule has 0 aliphatic carbocycles. The number of aliphatic hydroxyl groups excluding tert-OH is 1. The summed E-state index contributed by atoms with van der Waals surface area (Å²) in [6.45, 7) is 3.60. The van der Waals surface area contributed by atoms with Crippen LogP contribution < -0.4 is 5.32 Å². The maximum atomic E-state index is 10.1. The molecule has 0 aliphatic rings. The molecule has 1 atom stereocenters. The largest absolute Gasteiger partial charge is 0.389 e. The Morgan fingerprint density at radius 1 is 0.920 bits per heavy atom. The molecule has 4 aromatic carbocycles. The zero-order valence-corrected chi connectivity index (χ0v) is 14.5. The molecule has 3 nitrogen and oxygen atoms in total. The Morgan fingerprint density at radius 2 is 1.60 bits per heavy atom. The van der Waals surface area contributed by atoms with Gasteiger partial charge in [-0.1, -0.05) is 55.5 Å². The summed E-state index contributed by atoms with van der Waals surface area (Å²) in [4.78, 5) is 0. The van der Waals surface area contributed by atoms with E-state index in [1.807, 2.05) is 0 Å². The van der Waals surface area contributed by atoms with Crippen LogP contribution in [0.3, 0.4) is 0 Å². The quantitative estimate of drug-likeness (QED) is 0.378. The van der Waals surface area contributed by atoms with Crippen LogP contribution in [0.15, 0.2) is 54.6 Å².